The molecular formula is C19H31NO. The minimum Gasteiger partial charge on any atom is -0.351 e. The predicted molar refractivity (Wildman–Crippen MR) is 89.2 cm³/mol. The van der Waals surface area contributed by atoms with Crippen LogP contribution < -0.4 is 5.32 Å². The summed E-state index contributed by atoms with van der Waals surface area (Å²) in [5.41, 5.74) is 1.26. The van der Waals surface area contributed by atoms with Gasteiger partial charge in [0.1, 0.15) is 6.23 Å². The minimum absolute atomic E-state index is 0.00821. The Bertz CT molecular complexity index is 409. The fraction of sp³-hybridized carbons (Fsp3) is 0.684. The highest BCUT2D eigenvalue weighted by Crippen LogP contribution is 2.41. The average Bonchev–Trinajstić information content (AvgIpc) is 2.79. The van der Waals surface area contributed by atoms with E-state index in [-0.39, 0.29) is 11.8 Å². The molecule has 0 aromatic heterocycles. The van der Waals surface area contributed by atoms with Crippen molar-refractivity contribution in [3.8, 4) is 0 Å². The molecule has 1 N–H and O–H groups in total. The molecule has 0 radical (unpaired) electrons. The van der Waals surface area contributed by atoms with Gasteiger partial charge in [-0.2, -0.15) is 0 Å². The highest BCUT2D eigenvalue weighted by molar-refractivity contribution is 5.19. The van der Waals surface area contributed by atoms with E-state index >= 15 is 0 Å². The molecule has 1 heterocycles. The first-order valence-electron chi connectivity index (χ1n) is 8.60. The zero-order valence-electron chi connectivity index (χ0n) is 14.1. The molecule has 2 heteroatoms. The van der Waals surface area contributed by atoms with Gasteiger partial charge in [-0.25, -0.2) is 0 Å². The third kappa shape index (κ3) is 3.87. The molecular weight excluding hydrogens is 258 g/mol. The van der Waals surface area contributed by atoms with Crippen molar-refractivity contribution >= 4 is 0 Å². The summed E-state index contributed by atoms with van der Waals surface area (Å²) in [6.07, 6.45) is 5.88. The highest BCUT2D eigenvalue weighted by atomic mass is 16.5. The van der Waals surface area contributed by atoms with Crippen LogP contribution in [-0.4, -0.2) is 11.6 Å². The quantitative estimate of drug-likeness (QED) is 0.757. The Morgan fingerprint density at radius 3 is 2.24 bits per heavy atom. The Labute approximate surface area is 130 Å². The molecule has 0 bridgehead atoms. The molecule has 1 fully saturated rings. The number of hydrogen-bond donors (Lipinski definition) is 1. The smallest absolute Gasteiger partial charge is 0.135 e. The third-order valence-corrected chi connectivity index (χ3v) is 4.50. The monoisotopic (exact) mass is 289 g/mol. The maximum Gasteiger partial charge on any atom is 0.135 e. The number of nitrogens with one attached hydrogen (secondary N) is 1. The van der Waals surface area contributed by atoms with Crippen molar-refractivity contribution in [3.63, 3.8) is 0 Å². The van der Waals surface area contributed by atoms with Gasteiger partial charge in [-0.3, -0.25) is 5.32 Å². The lowest BCUT2D eigenvalue weighted by Crippen LogP contribution is -2.44. The number of ether oxygens (including phenoxy) is 1. The van der Waals surface area contributed by atoms with E-state index in [2.05, 4.69) is 63.3 Å². The lowest BCUT2D eigenvalue weighted by Gasteiger charge is -2.34. The van der Waals surface area contributed by atoms with Crippen LogP contribution in [0.15, 0.2) is 30.3 Å². The molecule has 1 aromatic carbocycles. The Morgan fingerprint density at radius 1 is 1.10 bits per heavy atom. The van der Waals surface area contributed by atoms with Crippen LogP contribution in [0.25, 0.3) is 0 Å². The van der Waals surface area contributed by atoms with Gasteiger partial charge in [0.15, 0.2) is 0 Å². The molecule has 2 nitrogen and oxygen atoms in total. The van der Waals surface area contributed by atoms with Crippen molar-refractivity contribution in [1.29, 1.82) is 0 Å². The van der Waals surface area contributed by atoms with Gasteiger partial charge in [0.25, 0.3) is 0 Å². The van der Waals surface area contributed by atoms with E-state index in [0.29, 0.717) is 12.0 Å². The van der Waals surface area contributed by atoms with E-state index in [1.807, 2.05) is 0 Å². The molecule has 21 heavy (non-hydrogen) atoms. The van der Waals surface area contributed by atoms with Gasteiger partial charge in [-0.1, -0.05) is 70.9 Å². The van der Waals surface area contributed by atoms with Crippen molar-refractivity contribution in [3.05, 3.63) is 35.9 Å². The van der Waals surface area contributed by atoms with Crippen molar-refractivity contribution < 1.29 is 4.74 Å². The topological polar surface area (TPSA) is 21.3 Å². The molecule has 0 amide bonds. The van der Waals surface area contributed by atoms with E-state index in [0.717, 1.165) is 12.8 Å². The molecule has 1 saturated heterocycles. The van der Waals surface area contributed by atoms with Gasteiger partial charge in [0.05, 0.1) is 5.60 Å². The molecule has 1 aliphatic heterocycles. The number of benzene rings is 1. The van der Waals surface area contributed by atoms with Crippen molar-refractivity contribution in [2.45, 2.75) is 77.7 Å². The van der Waals surface area contributed by atoms with Gasteiger partial charge in [-0.15, -0.1) is 0 Å². The second kappa shape index (κ2) is 7.42. The number of hydrogen-bond acceptors (Lipinski definition) is 2. The molecule has 1 aromatic rings. The van der Waals surface area contributed by atoms with Gasteiger partial charge >= 0.3 is 0 Å². The van der Waals surface area contributed by atoms with Crippen LogP contribution in [0.3, 0.4) is 0 Å². The maximum atomic E-state index is 6.62. The summed E-state index contributed by atoms with van der Waals surface area (Å²) in [5.74, 6) is 0.689. The molecule has 2 rings (SSSR count). The molecule has 1 aliphatic rings. The Balaban J connectivity index is 2.23. The third-order valence-electron chi connectivity index (χ3n) is 4.50. The van der Waals surface area contributed by atoms with Crippen LogP contribution in [0.1, 0.15) is 71.6 Å². The van der Waals surface area contributed by atoms with Crippen molar-refractivity contribution in [2.24, 2.45) is 5.92 Å². The van der Waals surface area contributed by atoms with Gasteiger partial charge < -0.3 is 4.74 Å². The van der Waals surface area contributed by atoms with E-state index in [9.17, 15) is 0 Å². The lowest BCUT2D eigenvalue weighted by molar-refractivity contribution is -0.0635. The molecule has 118 valence electrons. The first-order chi connectivity index (χ1) is 10.1. The first-order valence-corrected chi connectivity index (χ1v) is 8.60. The zero-order chi connectivity index (χ0) is 15.3. The Hall–Kier alpha value is -0.860. The lowest BCUT2D eigenvalue weighted by atomic mass is 9.82. The summed E-state index contributed by atoms with van der Waals surface area (Å²) in [5, 5.41) is 3.78. The van der Waals surface area contributed by atoms with Crippen LogP contribution in [0, 0.1) is 5.92 Å². The fourth-order valence-electron chi connectivity index (χ4n) is 3.67. The van der Waals surface area contributed by atoms with Crippen LogP contribution in [0.2, 0.25) is 0 Å². The standard InChI is InChI=1S/C19H31NO/c1-5-12-19(13-6-2)17(14-15(3)4)20-18(21-19)16-10-8-7-9-11-16/h7-11,15,17-18,20H,5-6,12-14H2,1-4H3/t17-,18-/m0/s1. The van der Waals surface area contributed by atoms with Crippen LogP contribution in [-0.2, 0) is 4.74 Å². The summed E-state index contributed by atoms with van der Waals surface area (Å²) in [6.45, 7) is 9.15. The Kier molecular flexibility index (Phi) is 5.83. The zero-order valence-corrected chi connectivity index (χ0v) is 14.1. The summed E-state index contributed by atoms with van der Waals surface area (Å²) in [6, 6.07) is 11.0. The highest BCUT2D eigenvalue weighted by Gasteiger charge is 2.47. The van der Waals surface area contributed by atoms with Gasteiger partial charge in [0.2, 0.25) is 0 Å². The molecule has 0 saturated carbocycles. The second-order valence-corrected chi connectivity index (χ2v) is 6.82. The largest absolute Gasteiger partial charge is 0.351 e. The predicted octanol–water partition coefficient (Wildman–Crippen LogP) is 5.06. The van der Waals surface area contributed by atoms with Gasteiger partial charge in [0, 0.05) is 6.04 Å². The molecule has 2 atom stereocenters. The summed E-state index contributed by atoms with van der Waals surface area (Å²) in [4.78, 5) is 0. The second-order valence-electron chi connectivity index (χ2n) is 6.82. The SMILES string of the molecule is CCCC1(CCC)O[C@@H](c2ccccc2)N[C@H]1CC(C)C. The normalized spacial score (nSPS) is 24.6. The average molecular weight is 289 g/mol. The molecule has 0 unspecified atom stereocenters. The Morgan fingerprint density at radius 2 is 1.71 bits per heavy atom. The van der Waals surface area contributed by atoms with Crippen molar-refractivity contribution in [2.75, 3.05) is 0 Å². The summed E-state index contributed by atoms with van der Waals surface area (Å²) < 4.78 is 6.62. The van der Waals surface area contributed by atoms with E-state index in [1.165, 1.54) is 24.8 Å². The van der Waals surface area contributed by atoms with Crippen LogP contribution in [0.4, 0.5) is 0 Å². The number of rotatable bonds is 7. The van der Waals surface area contributed by atoms with Gasteiger partial charge in [-0.05, 0) is 30.7 Å². The van der Waals surface area contributed by atoms with E-state index in [1.54, 1.807) is 0 Å². The maximum absolute atomic E-state index is 6.62. The first kappa shape index (κ1) is 16.5. The van der Waals surface area contributed by atoms with Crippen molar-refractivity contribution in [1.82, 2.24) is 5.32 Å². The van der Waals surface area contributed by atoms with Crippen LogP contribution >= 0.6 is 0 Å². The summed E-state index contributed by atoms with van der Waals surface area (Å²) in [7, 11) is 0. The molecule has 0 aliphatic carbocycles. The van der Waals surface area contributed by atoms with E-state index < -0.39 is 0 Å². The summed E-state index contributed by atoms with van der Waals surface area (Å²) >= 11 is 0. The fourth-order valence-corrected chi connectivity index (χ4v) is 3.67. The van der Waals surface area contributed by atoms with Crippen LogP contribution in [0.5, 0.6) is 0 Å². The van der Waals surface area contributed by atoms with E-state index in [4.69, 9.17) is 4.74 Å². The minimum atomic E-state index is 0.00821. The molecule has 0 spiro atoms.